The quantitative estimate of drug-likeness (QED) is 0.635. The van der Waals surface area contributed by atoms with E-state index in [1.807, 2.05) is 0 Å². The van der Waals surface area contributed by atoms with E-state index in [9.17, 15) is 13.6 Å². The van der Waals surface area contributed by atoms with Crippen LogP contribution in [0.4, 0.5) is 8.78 Å². The number of hydrogen-bond donors (Lipinski definition) is 0. The number of aldehydes is 1. The van der Waals surface area contributed by atoms with Crippen LogP contribution in [0, 0.1) is 11.6 Å². The molecule has 2 aromatic carbocycles. The van der Waals surface area contributed by atoms with E-state index in [-0.39, 0.29) is 5.56 Å². The lowest BCUT2D eigenvalue weighted by Gasteiger charge is -2.00. The second-order valence-corrected chi connectivity index (χ2v) is 2.98. The SMILES string of the molecule is O=Cc1cc2cc(F)ccc2cc1F. The summed E-state index contributed by atoms with van der Waals surface area (Å²) in [4.78, 5) is 10.4. The Morgan fingerprint density at radius 1 is 1.00 bits per heavy atom. The van der Waals surface area contributed by atoms with Crippen molar-refractivity contribution in [3.8, 4) is 0 Å². The maximum atomic E-state index is 13.1. The minimum Gasteiger partial charge on any atom is -0.298 e. The third kappa shape index (κ3) is 1.37. The maximum Gasteiger partial charge on any atom is 0.153 e. The van der Waals surface area contributed by atoms with Gasteiger partial charge in [0.25, 0.3) is 0 Å². The van der Waals surface area contributed by atoms with E-state index in [0.29, 0.717) is 17.1 Å². The molecule has 0 bridgehead atoms. The zero-order chi connectivity index (χ0) is 10.1. The van der Waals surface area contributed by atoms with Crippen LogP contribution in [0.25, 0.3) is 10.8 Å². The average Bonchev–Trinajstić information content (AvgIpc) is 2.17. The smallest absolute Gasteiger partial charge is 0.153 e. The van der Waals surface area contributed by atoms with Crippen molar-refractivity contribution < 1.29 is 13.6 Å². The lowest BCUT2D eigenvalue weighted by atomic mass is 10.1. The van der Waals surface area contributed by atoms with Gasteiger partial charge in [-0.2, -0.15) is 0 Å². The molecule has 0 atom stereocenters. The van der Waals surface area contributed by atoms with Gasteiger partial charge in [-0.1, -0.05) is 6.07 Å². The van der Waals surface area contributed by atoms with Crippen LogP contribution in [-0.2, 0) is 0 Å². The average molecular weight is 192 g/mol. The molecule has 0 radical (unpaired) electrons. The Morgan fingerprint density at radius 3 is 2.50 bits per heavy atom. The van der Waals surface area contributed by atoms with Crippen molar-refractivity contribution in [3.63, 3.8) is 0 Å². The summed E-state index contributed by atoms with van der Waals surface area (Å²) in [5.41, 5.74) is -0.0527. The van der Waals surface area contributed by atoms with Gasteiger partial charge >= 0.3 is 0 Å². The summed E-state index contributed by atoms with van der Waals surface area (Å²) in [6, 6.07) is 6.55. The third-order valence-electron chi connectivity index (χ3n) is 2.04. The summed E-state index contributed by atoms with van der Waals surface area (Å²) in [6.45, 7) is 0. The molecular weight excluding hydrogens is 186 g/mol. The van der Waals surface area contributed by atoms with Crippen LogP contribution >= 0.6 is 0 Å². The highest BCUT2D eigenvalue weighted by Crippen LogP contribution is 2.19. The molecule has 0 heterocycles. The van der Waals surface area contributed by atoms with Crippen molar-refractivity contribution in [1.29, 1.82) is 0 Å². The lowest BCUT2D eigenvalue weighted by Crippen LogP contribution is -1.88. The van der Waals surface area contributed by atoms with Gasteiger partial charge < -0.3 is 0 Å². The van der Waals surface area contributed by atoms with E-state index in [1.165, 1.54) is 30.3 Å². The monoisotopic (exact) mass is 192 g/mol. The Hall–Kier alpha value is -1.77. The lowest BCUT2D eigenvalue weighted by molar-refractivity contribution is 0.112. The summed E-state index contributed by atoms with van der Waals surface area (Å²) in [5.74, 6) is -0.986. The fourth-order valence-corrected chi connectivity index (χ4v) is 1.35. The molecule has 70 valence electrons. The summed E-state index contributed by atoms with van der Waals surface area (Å²) in [5, 5.41) is 1.10. The molecule has 0 spiro atoms. The highest BCUT2D eigenvalue weighted by molar-refractivity contribution is 5.89. The van der Waals surface area contributed by atoms with Gasteiger partial charge in [0.15, 0.2) is 6.29 Å². The Morgan fingerprint density at radius 2 is 1.79 bits per heavy atom. The number of carbonyl (C=O) groups is 1. The van der Waals surface area contributed by atoms with Crippen molar-refractivity contribution in [3.05, 3.63) is 47.5 Å². The molecule has 3 heteroatoms. The molecule has 1 nitrogen and oxygen atoms in total. The molecule has 2 aromatic rings. The molecule has 0 aromatic heterocycles. The van der Waals surface area contributed by atoms with Gasteiger partial charge in [0.1, 0.15) is 11.6 Å². The molecule has 0 saturated heterocycles. The van der Waals surface area contributed by atoms with Gasteiger partial charge in [0.05, 0.1) is 5.56 Å². The highest BCUT2D eigenvalue weighted by atomic mass is 19.1. The predicted molar refractivity (Wildman–Crippen MR) is 49.3 cm³/mol. The Labute approximate surface area is 79.0 Å². The van der Waals surface area contributed by atoms with Crippen LogP contribution in [-0.4, -0.2) is 6.29 Å². The first kappa shape index (κ1) is 8.81. The maximum absolute atomic E-state index is 13.1. The first-order valence-electron chi connectivity index (χ1n) is 4.05. The van der Waals surface area contributed by atoms with E-state index >= 15 is 0 Å². The highest BCUT2D eigenvalue weighted by Gasteiger charge is 2.04. The molecule has 14 heavy (non-hydrogen) atoms. The molecule has 0 amide bonds. The minimum absolute atomic E-state index is 0.0527. The first-order valence-corrected chi connectivity index (χ1v) is 4.05. The van der Waals surface area contributed by atoms with Crippen molar-refractivity contribution >= 4 is 17.1 Å². The Kier molecular flexibility index (Phi) is 2.00. The van der Waals surface area contributed by atoms with Gasteiger partial charge in [0, 0.05) is 0 Å². The molecule has 0 unspecified atom stereocenters. The summed E-state index contributed by atoms with van der Waals surface area (Å²) in [6.07, 6.45) is 0.416. The second-order valence-electron chi connectivity index (χ2n) is 2.98. The molecule has 0 aliphatic rings. The molecule has 0 fully saturated rings. The van der Waals surface area contributed by atoms with Gasteiger partial charge in [-0.3, -0.25) is 4.79 Å². The second kappa shape index (κ2) is 3.18. The largest absolute Gasteiger partial charge is 0.298 e. The number of carbonyl (C=O) groups excluding carboxylic acids is 1. The normalized spacial score (nSPS) is 10.4. The number of halogens is 2. The van der Waals surface area contributed by atoms with Gasteiger partial charge in [0.2, 0.25) is 0 Å². The number of benzene rings is 2. The van der Waals surface area contributed by atoms with Crippen LogP contribution in [0.15, 0.2) is 30.3 Å². The third-order valence-corrected chi connectivity index (χ3v) is 2.04. The van der Waals surface area contributed by atoms with Crippen molar-refractivity contribution in [2.24, 2.45) is 0 Å². The topological polar surface area (TPSA) is 17.1 Å². The zero-order valence-electron chi connectivity index (χ0n) is 7.13. The number of fused-ring (bicyclic) bond motifs is 1. The van der Waals surface area contributed by atoms with Crippen LogP contribution in [0.5, 0.6) is 0 Å². The van der Waals surface area contributed by atoms with Gasteiger partial charge in [-0.15, -0.1) is 0 Å². The molecule has 0 aliphatic heterocycles. The minimum atomic E-state index is -0.584. The molecule has 0 aliphatic carbocycles. The van der Waals surface area contributed by atoms with E-state index in [0.717, 1.165) is 0 Å². The summed E-state index contributed by atoms with van der Waals surface area (Å²) < 4.78 is 25.9. The summed E-state index contributed by atoms with van der Waals surface area (Å²) >= 11 is 0. The van der Waals surface area contributed by atoms with E-state index < -0.39 is 11.6 Å². The molecule has 2 rings (SSSR count). The predicted octanol–water partition coefficient (Wildman–Crippen LogP) is 2.93. The molecule has 0 saturated carbocycles. The Balaban J connectivity index is 2.79. The fourth-order valence-electron chi connectivity index (χ4n) is 1.35. The zero-order valence-corrected chi connectivity index (χ0v) is 7.13. The fraction of sp³-hybridized carbons (Fsp3) is 0. The van der Waals surface area contributed by atoms with E-state index in [2.05, 4.69) is 0 Å². The van der Waals surface area contributed by atoms with Gasteiger partial charge in [-0.25, -0.2) is 8.78 Å². The molecular formula is C11H6F2O. The van der Waals surface area contributed by atoms with Crippen LogP contribution in [0.2, 0.25) is 0 Å². The van der Waals surface area contributed by atoms with Crippen molar-refractivity contribution in [2.75, 3.05) is 0 Å². The van der Waals surface area contributed by atoms with Gasteiger partial charge in [-0.05, 0) is 35.0 Å². The first-order chi connectivity index (χ1) is 6.70. The number of hydrogen-bond acceptors (Lipinski definition) is 1. The van der Waals surface area contributed by atoms with Crippen LogP contribution in [0.3, 0.4) is 0 Å². The van der Waals surface area contributed by atoms with E-state index in [1.54, 1.807) is 0 Å². The van der Waals surface area contributed by atoms with Crippen LogP contribution < -0.4 is 0 Å². The summed E-state index contributed by atoms with van der Waals surface area (Å²) in [7, 11) is 0. The van der Waals surface area contributed by atoms with Crippen molar-refractivity contribution in [1.82, 2.24) is 0 Å². The number of rotatable bonds is 1. The molecule has 0 N–H and O–H groups in total. The van der Waals surface area contributed by atoms with Crippen molar-refractivity contribution in [2.45, 2.75) is 0 Å². The Bertz CT molecular complexity index is 506. The van der Waals surface area contributed by atoms with Crippen LogP contribution in [0.1, 0.15) is 10.4 Å². The standard InChI is InChI=1S/C11H6F2O/c12-10-2-1-7-5-11(13)9(6-14)3-8(7)4-10/h1-6H. The van der Waals surface area contributed by atoms with E-state index in [4.69, 9.17) is 0 Å².